The van der Waals surface area contributed by atoms with Crippen LogP contribution >= 0.6 is 7.60 Å². The molecule has 0 amide bonds. The molecule has 1 atom stereocenters. The fourth-order valence-electron chi connectivity index (χ4n) is 1.41. The van der Waals surface area contributed by atoms with Gasteiger partial charge < -0.3 is 14.2 Å². The molecular weight excluding hydrogens is 279 g/mol. The zero-order chi connectivity index (χ0) is 14.5. The van der Waals surface area contributed by atoms with Gasteiger partial charge in [0.05, 0.1) is 18.9 Å². The normalized spacial score (nSPS) is 14.4. The van der Waals surface area contributed by atoms with Crippen molar-refractivity contribution in [1.29, 1.82) is 0 Å². The SMILES string of the molecule is CCOP(=O)(OCC)C(F)(F)[C@@H](O)c1ccccn1. The van der Waals surface area contributed by atoms with Crippen molar-refractivity contribution in [2.75, 3.05) is 13.2 Å². The van der Waals surface area contributed by atoms with Crippen LogP contribution in [-0.4, -0.2) is 29.0 Å². The Morgan fingerprint density at radius 1 is 1.37 bits per heavy atom. The molecule has 0 aliphatic rings. The number of aliphatic hydroxyl groups excluding tert-OH is 1. The lowest BCUT2D eigenvalue weighted by atomic mass is 10.2. The Morgan fingerprint density at radius 2 is 1.95 bits per heavy atom. The van der Waals surface area contributed by atoms with Gasteiger partial charge in [0, 0.05) is 6.20 Å². The fourth-order valence-corrected chi connectivity index (χ4v) is 2.95. The van der Waals surface area contributed by atoms with Gasteiger partial charge in [0.15, 0.2) is 6.10 Å². The number of nitrogens with zero attached hydrogens (tertiary/aromatic N) is 1. The van der Waals surface area contributed by atoms with Crippen molar-refractivity contribution < 1.29 is 27.5 Å². The van der Waals surface area contributed by atoms with E-state index in [1.165, 1.54) is 38.2 Å². The molecule has 0 fully saturated rings. The van der Waals surface area contributed by atoms with Gasteiger partial charge in [0.1, 0.15) is 0 Å². The maximum absolute atomic E-state index is 14.1. The molecule has 1 heterocycles. The summed E-state index contributed by atoms with van der Waals surface area (Å²) in [5.41, 5.74) is -4.37. The lowest BCUT2D eigenvalue weighted by molar-refractivity contribution is -0.0694. The minimum absolute atomic E-state index is 0.220. The van der Waals surface area contributed by atoms with Gasteiger partial charge in [-0.1, -0.05) is 6.07 Å². The first-order chi connectivity index (χ1) is 8.89. The Labute approximate surface area is 110 Å². The van der Waals surface area contributed by atoms with Gasteiger partial charge in [-0.05, 0) is 26.0 Å². The molecule has 1 aromatic heterocycles. The third-order valence-corrected chi connectivity index (χ3v) is 4.43. The molecule has 1 aromatic rings. The van der Waals surface area contributed by atoms with E-state index in [0.29, 0.717) is 0 Å². The second-order valence-electron chi connectivity index (χ2n) is 3.58. The van der Waals surface area contributed by atoms with E-state index in [-0.39, 0.29) is 18.9 Å². The zero-order valence-electron chi connectivity index (χ0n) is 10.6. The highest BCUT2D eigenvalue weighted by Gasteiger charge is 2.59. The molecule has 8 heteroatoms. The molecule has 108 valence electrons. The third kappa shape index (κ3) is 3.36. The lowest BCUT2D eigenvalue weighted by Gasteiger charge is -2.28. The number of hydrogen-bond acceptors (Lipinski definition) is 5. The van der Waals surface area contributed by atoms with Crippen molar-refractivity contribution in [1.82, 2.24) is 4.98 Å². The van der Waals surface area contributed by atoms with E-state index in [0.717, 1.165) is 0 Å². The molecule has 5 nitrogen and oxygen atoms in total. The van der Waals surface area contributed by atoms with Crippen LogP contribution in [0.2, 0.25) is 0 Å². The molecule has 0 aliphatic heterocycles. The summed E-state index contributed by atoms with van der Waals surface area (Å²) in [5.74, 6) is 0. The smallest absolute Gasteiger partial charge is 0.380 e. The van der Waals surface area contributed by atoms with Gasteiger partial charge in [0.25, 0.3) is 0 Å². The first-order valence-electron chi connectivity index (χ1n) is 5.75. The first kappa shape index (κ1) is 16.2. The predicted octanol–water partition coefficient (Wildman–Crippen LogP) is 2.97. The highest BCUT2D eigenvalue weighted by Crippen LogP contribution is 2.65. The van der Waals surface area contributed by atoms with Crippen LogP contribution in [-0.2, 0) is 13.6 Å². The van der Waals surface area contributed by atoms with Crippen LogP contribution in [0.5, 0.6) is 0 Å². The molecule has 0 bridgehead atoms. The van der Waals surface area contributed by atoms with Crippen LogP contribution in [0.3, 0.4) is 0 Å². The van der Waals surface area contributed by atoms with Gasteiger partial charge >= 0.3 is 13.3 Å². The van der Waals surface area contributed by atoms with Crippen LogP contribution in [0.1, 0.15) is 25.6 Å². The Kier molecular flexibility index (Phi) is 5.55. The summed E-state index contributed by atoms with van der Waals surface area (Å²) in [7, 11) is -4.77. The molecule has 0 spiro atoms. The molecule has 0 saturated carbocycles. The van der Waals surface area contributed by atoms with Gasteiger partial charge in [-0.25, -0.2) is 0 Å². The topological polar surface area (TPSA) is 68.7 Å². The maximum atomic E-state index is 14.1. The van der Waals surface area contributed by atoms with Crippen molar-refractivity contribution in [3.8, 4) is 0 Å². The summed E-state index contributed by atoms with van der Waals surface area (Å²) in [6, 6.07) is 4.16. The van der Waals surface area contributed by atoms with E-state index in [9.17, 15) is 18.5 Å². The van der Waals surface area contributed by atoms with E-state index in [4.69, 9.17) is 0 Å². The van der Waals surface area contributed by atoms with Crippen LogP contribution < -0.4 is 0 Å². The highest BCUT2D eigenvalue weighted by atomic mass is 31.2. The Hall–Kier alpha value is -0.880. The second-order valence-corrected chi connectivity index (χ2v) is 5.69. The highest BCUT2D eigenvalue weighted by molar-refractivity contribution is 7.55. The summed E-state index contributed by atoms with van der Waals surface area (Å²) in [6.07, 6.45) is -1.11. The molecule has 1 rings (SSSR count). The molecule has 0 radical (unpaired) electrons. The zero-order valence-corrected chi connectivity index (χ0v) is 11.5. The van der Waals surface area contributed by atoms with Crippen LogP contribution in [0, 0.1) is 0 Å². The van der Waals surface area contributed by atoms with Gasteiger partial charge in [0.2, 0.25) is 0 Å². The number of aliphatic hydroxyl groups is 1. The van der Waals surface area contributed by atoms with Crippen molar-refractivity contribution in [3.63, 3.8) is 0 Å². The second kappa shape index (κ2) is 6.52. The first-order valence-corrected chi connectivity index (χ1v) is 7.29. The van der Waals surface area contributed by atoms with Crippen LogP contribution in [0.15, 0.2) is 24.4 Å². The average molecular weight is 295 g/mol. The van der Waals surface area contributed by atoms with E-state index in [1.54, 1.807) is 0 Å². The summed E-state index contributed by atoms with van der Waals surface area (Å²) in [5, 5.41) is 9.69. The average Bonchev–Trinajstić information content (AvgIpc) is 2.39. The van der Waals surface area contributed by atoms with Gasteiger partial charge in [-0.3, -0.25) is 9.55 Å². The molecule has 0 unspecified atom stereocenters. The van der Waals surface area contributed by atoms with Crippen molar-refractivity contribution in [3.05, 3.63) is 30.1 Å². The number of halogens is 2. The molecule has 0 saturated heterocycles. The number of rotatable bonds is 7. The summed E-state index contributed by atoms with van der Waals surface area (Å²) >= 11 is 0. The molecule has 19 heavy (non-hydrogen) atoms. The molecule has 1 N–H and O–H groups in total. The molecule has 0 aliphatic carbocycles. The molecule has 0 aromatic carbocycles. The van der Waals surface area contributed by atoms with Crippen molar-refractivity contribution in [2.45, 2.75) is 25.6 Å². The monoisotopic (exact) mass is 295 g/mol. The standard InChI is InChI=1S/C11H16F2NO4P/c1-3-17-19(16,18-4-2)11(12,13)10(15)9-7-5-6-8-14-9/h5-8,10,15H,3-4H2,1-2H3/t10-/m0/s1. The summed E-state index contributed by atoms with van der Waals surface area (Å²) in [6.45, 7) is 2.38. The lowest BCUT2D eigenvalue weighted by Crippen LogP contribution is -2.29. The minimum Gasteiger partial charge on any atom is -0.380 e. The quantitative estimate of drug-likeness (QED) is 0.783. The van der Waals surface area contributed by atoms with Gasteiger partial charge in [-0.2, -0.15) is 8.78 Å². The summed E-state index contributed by atoms with van der Waals surface area (Å²) in [4.78, 5) is 3.62. The number of pyridine rings is 1. The van der Waals surface area contributed by atoms with Gasteiger partial charge in [-0.15, -0.1) is 0 Å². The van der Waals surface area contributed by atoms with E-state index < -0.39 is 19.4 Å². The third-order valence-electron chi connectivity index (χ3n) is 2.26. The van der Waals surface area contributed by atoms with Crippen LogP contribution in [0.4, 0.5) is 8.78 Å². The summed E-state index contributed by atoms with van der Waals surface area (Å²) < 4.78 is 49.5. The Bertz CT molecular complexity index is 434. The molecular formula is C11H16F2NO4P. The van der Waals surface area contributed by atoms with E-state index >= 15 is 0 Å². The number of alkyl halides is 2. The minimum atomic E-state index is -4.77. The Balaban J connectivity index is 3.09. The maximum Gasteiger partial charge on any atom is 0.402 e. The van der Waals surface area contributed by atoms with Crippen molar-refractivity contribution >= 4 is 7.60 Å². The van der Waals surface area contributed by atoms with Crippen molar-refractivity contribution in [2.24, 2.45) is 0 Å². The number of aromatic nitrogens is 1. The van der Waals surface area contributed by atoms with E-state index in [2.05, 4.69) is 14.0 Å². The fraction of sp³-hybridized carbons (Fsp3) is 0.545. The number of hydrogen-bond donors (Lipinski definition) is 1. The van der Waals surface area contributed by atoms with E-state index in [1.807, 2.05) is 0 Å². The Morgan fingerprint density at radius 3 is 2.37 bits per heavy atom. The van der Waals surface area contributed by atoms with Crippen LogP contribution in [0.25, 0.3) is 0 Å². The predicted molar refractivity (Wildman–Crippen MR) is 65.0 cm³/mol. The largest absolute Gasteiger partial charge is 0.402 e.